The van der Waals surface area contributed by atoms with E-state index in [0.717, 1.165) is 12.1 Å². The first-order chi connectivity index (χ1) is 10.2. The molecule has 5 nitrogen and oxygen atoms in total. The van der Waals surface area contributed by atoms with Gasteiger partial charge in [-0.05, 0) is 19.9 Å². The Kier molecular flexibility index (Phi) is 4.62. The van der Waals surface area contributed by atoms with Crippen LogP contribution in [0, 0.1) is 25.5 Å². The summed E-state index contributed by atoms with van der Waals surface area (Å²) in [5.74, 6) is -2.45. The molecule has 0 aliphatic carbocycles. The number of hydrogen-bond donors (Lipinski definition) is 1. The third kappa shape index (κ3) is 3.69. The molecule has 0 aliphatic heterocycles. The summed E-state index contributed by atoms with van der Waals surface area (Å²) in [5.41, 5.74) is 0.610. The van der Waals surface area contributed by atoms with Gasteiger partial charge in [0.1, 0.15) is 17.4 Å². The molecule has 0 bridgehead atoms. The average molecular weight is 331 g/mol. The number of halogens is 2. The van der Waals surface area contributed by atoms with Crippen LogP contribution in [0.4, 0.5) is 8.78 Å². The number of nitrogens with zero attached hydrogens (tertiary/aromatic N) is 1. The molecule has 0 radical (unpaired) electrons. The maximum atomic E-state index is 13.6. The number of hydrogen-bond acceptors (Lipinski definition) is 5. The molecule has 1 aromatic carbocycles. The van der Waals surface area contributed by atoms with Gasteiger partial charge in [0.05, 0.1) is 23.3 Å². The van der Waals surface area contributed by atoms with Crippen LogP contribution in [0.2, 0.25) is 0 Å². The van der Waals surface area contributed by atoms with Crippen molar-refractivity contribution in [1.82, 2.24) is 5.16 Å². The quantitative estimate of drug-likeness (QED) is 0.908. The van der Waals surface area contributed by atoms with Gasteiger partial charge in [-0.3, -0.25) is 0 Å². The molecule has 0 spiro atoms. The molecule has 0 saturated carbocycles. The standard InChI is InChI=1S/C14H15F2NO4S/c1-8-12(9(2)21-17-8)6-22(19,20)7-14(18)11-4-3-10(15)5-13(11)16/h3-5,14,18H,6-7H2,1-2H3. The highest BCUT2D eigenvalue weighted by Crippen LogP contribution is 2.22. The zero-order chi connectivity index (χ0) is 16.5. The normalized spacial score (nSPS) is 13.3. The molecule has 0 aliphatic rings. The molecule has 0 fully saturated rings. The van der Waals surface area contributed by atoms with Crippen LogP contribution < -0.4 is 0 Å². The molecule has 8 heteroatoms. The van der Waals surface area contributed by atoms with Crippen molar-refractivity contribution < 1.29 is 26.8 Å². The Hall–Kier alpha value is -1.80. The van der Waals surface area contributed by atoms with Gasteiger partial charge in [-0.1, -0.05) is 11.2 Å². The first-order valence-electron chi connectivity index (χ1n) is 6.45. The third-order valence-corrected chi connectivity index (χ3v) is 4.83. The number of sulfone groups is 1. The van der Waals surface area contributed by atoms with E-state index in [0.29, 0.717) is 23.1 Å². The molecular weight excluding hydrogens is 316 g/mol. The fourth-order valence-corrected chi connectivity index (χ4v) is 3.72. The predicted molar refractivity (Wildman–Crippen MR) is 74.8 cm³/mol. The lowest BCUT2D eigenvalue weighted by Crippen LogP contribution is -2.18. The molecule has 22 heavy (non-hydrogen) atoms. The van der Waals surface area contributed by atoms with Gasteiger partial charge >= 0.3 is 0 Å². The maximum Gasteiger partial charge on any atom is 0.157 e. The summed E-state index contributed by atoms with van der Waals surface area (Å²) in [7, 11) is -3.73. The second-order valence-electron chi connectivity index (χ2n) is 5.04. The Morgan fingerprint density at radius 3 is 2.55 bits per heavy atom. The van der Waals surface area contributed by atoms with E-state index in [1.807, 2.05) is 0 Å². The van der Waals surface area contributed by atoms with Crippen molar-refractivity contribution in [2.75, 3.05) is 5.75 Å². The first kappa shape index (κ1) is 16.6. The molecule has 0 saturated heterocycles. The fraction of sp³-hybridized carbons (Fsp3) is 0.357. The van der Waals surface area contributed by atoms with Crippen molar-refractivity contribution in [1.29, 1.82) is 0 Å². The Labute approximate surface area is 126 Å². The van der Waals surface area contributed by atoms with Gasteiger partial charge < -0.3 is 9.63 Å². The Balaban J connectivity index is 2.18. The summed E-state index contributed by atoms with van der Waals surface area (Å²) in [6, 6.07) is 2.59. The average Bonchev–Trinajstić information content (AvgIpc) is 2.69. The van der Waals surface area contributed by atoms with Crippen molar-refractivity contribution in [3.8, 4) is 0 Å². The molecule has 1 aromatic heterocycles. The van der Waals surface area contributed by atoms with Gasteiger partial charge in [0, 0.05) is 17.2 Å². The van der Waals surface area contributed by atoms with Crippen LogP contribution in [0.3, 0.4) is 0 Å². The van der Waals surface area contributed by atoms with E-state index in [-0.39, 0.29) is 11.3 Å². The van der Waals surface area contributed by atoms with E-state index < -0.39 is 33.3 Å². The van der Waals surface area contributed by atoms with Crippen LogP contribution in [0.5, 0.6) is 0 Å². The molecule has 2 rings (SSSR count). The molecule has 1 N–H and O–H groups in total. The monoisotopic (exact) mass is 331 g/mol. The smallest absolute Gasteiger partial charge is 0.157 e. The predicted octanol–water partition coefficient (Wildman–Crippen LogP) is 2.22. The lowest BCUT2D eigenvalue weighted by Gasteiger charge is -2.12. The minimum Gasteiger partial charge on any atom is -0.387 e. The SMILES string of the molecule is Cc1noc(C)c1CS(=O)(=O)CC(O)c1ccc(F)cc1F. The van der Waals surface area contributed by atoms with Crippen LogP contribution in [-0.4, -0.2) is 24.4 Å². The first-order valence-corrected chi connectivity index (χ1v) is 8.27. The molecule has 1 unspecified atom stereocenters. The highest BCUT2D eigenvalue weighted by atomic mass is 32.2. The minimum atomic E-state index is -3.73. The summed E-state index contributed by atoms with van der Waals surface area (Å²) in [6.07, 6.45) is -1.58. The molecule has 1 heterocycles. The number of benzene rings is 1. The topological polar surface area (TPSA) is 80.4 Å². The van der Waals surface area contributed by atoms with Gasteiger partial charge in [-0.2, -0.15) is 0 Å². The van der Waals surface area contributed by atoms with Crippen LogP contribution in [0.25, 0.3) is 0 Å². The van der Waals surface area contributed by atoms with Gasteiger partial charge in [0.25, 0.3) is 0 Å². The Morgan fingerprint density at radius 2 is 2.00 bits per heavy atom. The van der Waals surface area contributed by atoms with Crippen LogP contribution >= 0.6 is 0 Å². The summed E-state index contributed by atoms with van der Waals surface area (Å²) in [4.78, 5) is 0. The summed E-state index contributed by atoms with van der Waals surface area (Å²) in [5, 5.41) is 13.6. The van der Waals surface area contributed by atoms with Gasteiger partial charge in [0.2, 0.25) is 0 Å². The second kappa shape index (κ2) is 6.13. The van der Waals surface area contributed by atoms with Crippen molar-refractivity contribution in [2.24, 2.45) is 0 Å². The Morgan fingerprint density at radius 1 is 1.32 bits per heavy atom. The minimum absolute atomic E-state index is 0.260. The highest BCUT2D eigenvalue weighted by molar-refractivity contribution is 7.90. The van der Waals surface area contributed by atoms with Crippen LogP contribution in [-0.2, 0) is 15.6 Å². The van der Waals surface area contributed by atoms with E-state index >= 15 is 0 Å². The molecule has 120 valence electrons. The molecule has 1 atom stereocenters. The van der Waals surface area contributed by atoms with E-state index in [1.165, 1.54) is 0 Å². The summed E-state index contributed by atoms with van der Waals surface area (Å²) >= 11 is 0. The summed E-state index contributed by atoms with van der Waals surface area (Å²) in [6.45, 7) is 3.19. The van der Waals surface area contributed by atoms with Crippen molar-refractivity contribution in [2.45, 2.75) is 25.7 Å². The van der Waals surface area contributed by atoms with Crippen molar-refractivity contribution >= 4 is 9.84 Å². The highest BCUT2D eigenvalue weighted by Gasteiger charge is 2.24. The summed E-state index contributed by atoms with van der Waals surface area (Å²) < 4.78 is 55.6. The van der Waals surface area contributed by atoms with Crippen LogP contribution in [0.1, 0.15) is 28.7 Å². The van der Waals surface area contributed by atoms with E-state index in [9.17, 15) is 22.3 Å². The second-order valence-corrected chi connectivity index (χ2v) is 7.15. The van der Waals surface area contributed by atoms with Gasteiger partial charge in [-0.15, -0.1) is 0 Å². The van der Waals surface area contributed by atoms with Gasteiger partial charge in [0.15, 0.2) is 9.84 Å². The lowest BCUT2D eigenvalue weighted by atomic mass is 10.1. The van der Waals surface area contributed by atoms with E-state index in [1.54, 1.807) is 13.8 Å². The lowest BCUT2D eigenvalue weighted by molar-refractivity contribution is 0.196. The van der Waals surface area contributed by atoms with E-state index in [4.69, 9.17) is 4.52 Å². The number of aliphatic hydroxyl groups excluding tert-OH is 1. The fourth-order valence-electron chi connectivity index (χ4n) is 2.09. The zero-order valence-electron chi connectivity index (χ0n) is 12.0. The van der Waals surface area contributed by atoms with Gasteiger partial charge in [-0.25, -0.2) is 17.2 Å². The van der Waals surface area contributed by atoms with E-state index in [2.05, 4.69) is 5.16 Å². The number of rotatable bonds is 5. The number of aliphatic hydroxyl groups is 1. The maximum absolute atomic E-state index is 13.6. The molecule has 2 aromatic rings. The number of aromatic nitrogens is 1. The van der Waals surface area contributed by atoms with Crippen LogP contribution in [0.15, 0.2) is 22.7 Å². The third-order valence-electron chi connectivity index (χ3n) is 3.28. The van der Waals surface area contributed by atoms with Crippen molar-refractivity contribution in [3.05, 3.63) is 52.4 Å². The largest absolute Gasteiger partial charge is 0.387 e. The Bertz CT molecular complexity index is 767. The zero-order valence-corrected chi connectivity index (χ0v) is 12.8. The molecule has 0 amide bonds. The van der Waals surface area contributed by atoms with Crippen molar-refractivity contribution in [3.63, 3.8) is 0 Å². The number of aryl methyl sites for hydroxylation is 2. The molecular formula is C14H15F2NO4S.